The summed E-state index contributed by atoms with van der Waals surface area (Å²) in [6, 6.07) is 0. The normalized spacial score (nSPS) is 14.4. The topological polar surface area (TPSA) is 36.9 Å². The van der Waals surface area contributed by atoms with Crippen molar-refractivity contribution in [2.75, 3.05) is 33.8 Å². The molecule has 1 unspecified atom stereocenters. The summed E-state index contributed by atoms with van der Waals surface area (Å²) in [6.07, 6.45) is 6.46. The van der Waals surface area contributed by atoms with Crippen LogP contribution < -0.4 is 0 Å². The Morgan fingerprint density at radius 1 is 0.810 bits per heavy atom. The average molecular weight is 369 g/mol. The molecule has 4 nitrogen and oxygen atoms in total. The third kappa shape index (κ3) is 7.42. The predicted molar refractivity (Wildman–Crippen MR) is 89.8 cm³/mol. The molecule has 1 atom stereocenters. The average Bonchev–Trinajstić information content (AvgIpc) is 2.52. The molecule has 0 aliphatic carbocycles. The lowest BCUT2D eigenvalue weighted by Crippen LogP contribution is -2.39. The van der Waals surface area contributed by atoms with Crippen LogP contribution in [0.4, 0.5) is 0 Å². The number of hydrogen-bond donors (Lipinski definition) is 0. The first-order chi connectivity index (χ1) is 9.91. The van der Waals surface area contributed by atoms with Crippen molar-refractivity contribution >= 4 is 15.9 Å². The van der Waals surface area contributed by atoms with E-state index in [0.717, 1.165) is 43.9 Å². The summed E-state index contributed by atoms with van der Waals surface area (Å²) in [5, 5.41) is 0.964. The van der Waals surface area contributed by atoms with E-state index in [1.54, 1.807) is 28.4 Å². The molecule has 0 radical (unpaired) electrons. The Hall–Kier alpha value is 0.320. The molecule has 0 heterocycles. The summed E-state index contributed by atoms with van der Waals surface area (Å²) in [5.41, 5.74) is 0. The van der Waals surface area contributed by atoms with Gasteiger partial charge in [-0.15, -0.1) is 0 Å². The third-order valence-corrected chi connectivity index (χ3v) is 5.01. The highest BCUT2D eigenvalue weighted by Gasteiger charge is 2.33. The summed E-state index contributed by atoms with van der Waals surface area (Å²) in [4.78, 5) is 0. The lowest BCUT2D eigenvalue weighted by Gasteiger charge is -2.35. The van der Waals surface area contributed by atoms with Gasteiger partial charge in [0.2, 0.25) is 0 Å². The summed E-state index contributed by atoms with van der Waals surface area (Å²) in [6.45, 7) is 4.00. The Kier molecular flexibility index (Phi) is 11.1. The highest BCUT2D eigenvalue weighted by molar-refractivity contribution is 9.09. The van der Waals surface area contributed by atoms with E-state index in [-0.39, 0.29) is 0 Å². The predicted octanol–water partition coefficient (Wildman–Crippen LogP) is 4.36. The van der Waals surface area contributed by atoms with Gasteiger partial charge in [0.25, 0.3) is 0 Å². The fourth-order valence-corrected chi connectivity index (χ4v) is 3.07. The number of rotatable bonds is 13. The van der Waals surface area contributed by atoms with Gasteiger partial charge in [-0.05, 0) is 33.1 Å². The number of unbranched alkanes of at least 4 members (excludes halogenated alkanes) is 2. The lowest BCUT2D eigenvalue weighted by atomic mass is 9.90. The molecule has 0 aromatic heterocycles. The molecule has 0 aliphatic heterocycles. The van der Waals surface area contributed by atoms with Crippen molar-refractivity contribution in [3.8, 4) is 0 Å². The molecule has 21 heavy (non-hydrogen) atoms. The van der Waals surface area contributed by atoms with Gasteiger partial charge in [-0.25, -0.2) is 0 Å². The number of methoxy groups -OCH3 is 4. The minimum absolute atomic E-state index is 0.392. The van der Waals surface area contributed by atoms with Crippen molar-refractivity contribution in [2.24, 2.45) is 5.92 Å². The van der Waals surface area contributed by atoms with Crippen LogP contribution in [0, 0.1) is 5.92 Å². The molecule has 0 saturated heterocycles. The van der Waals surface area contributed by atoms with E-state index in [2.05, 4.69) is 15.9 Å². The highest BCUT2D eigenvalue weighted by atomic mass is 79.9. The Morgan fingerprint density at radius 2 is 1.38 bits per heavy atom. The second kappa shape index (κ2) is 10.9. The van der Waals surface area contributed by atoms with Crippen LogP contribution in [0.5, 0.6) is 0 Å². The Labute approximate surface area is 139 Å². The smallest absolute Gasteiger partial charge is 0.167 e. The minimum atomic E-state index is -0.499. The lowest BCUT2D eigenvalue weighted by molar-refractivity contribution is -0.229. The molecule has 0 spiro atoms. The molecule has 0 aromatic rings. The molecule has 0 N–H and O–H groups in total. The van der Waals surface area contributed by atoms with Crippen molar-refractivity contribution < 1.29 is 18.9 Å². The summed E-state index contributed by atoms with van der Waals surface area (Å²) in [7, 11) is 6.82. The number of alkyl halides is 1. The van der Waals surface area contributed by atoms with Gasteiger partial charge in [0, 0.05) is 46.1 Å². The molecule has 0 rings (SSSR count). The second-order valence-electron chi connectivity index (χ2n) is 5.74. The van der Waals surface area contributed by atoms with E-state index in [1.165, 1.54) is 0 Å². The van der Waals surface area contributed by atoms with E-state index in [0.29, 0.717) is 5.92 Å². The van der Waals surface area contributed by atoms with E-state index in [4.69, 9.17) is 18.9 Å². The van der Waals surface area contributed by atoms with Crippen LogP contribution in [0.25, 0.3) is 0 Å². The monoisotopic (exact) mass is 368 g/mol. The van der Waals surface area contributed by atoms with Crippen molar-refractivity contribution in [1.29, 1.82) is 0 Å². The fraction of sp³-hybridized carbons (Fsp3) is 1.00. The van der Waals surface area contributed by atoms with Crippen LogP contribution >= 0.6 is 15.9 Å². The van der Waals surface area contributed by atoms with Gasteiger partial charge in [0.15, 0.2) is 11.6 Å². The van der Waals surface area contributed by atoms with E-state index in [1.807, 2.05) is 13.8 Å². The molecule has 0 amide bonds. The van der Waals surface area contributed by atoms with Crippen molar-refractivity contribution in [3.05, 3.63) is 0 Å². The van der Waals surface area contributed by atoms with Gasteiger partial charge in [-0.3, -0.25) is 0 Å². The van der Waals surface area contributed by atoms with Gasteiger partial charge in [0.1, 0.15) is 0 Å². The SMILES string of the molecule is COC(C)(CCCCCC(CCBr)C(C)(OC)OC)OC. The van der Waals surface area contributed by atoms with Gasteiger partial charge < -0.3 is 18.9 Å². The van der Waals surface area contributed by atoms with Crippen LogP contribution in [0.1, 0.15) is 52.4 Å². The molecule has 0 bridgehead atoms. The fourth-order valence-electron chi connectivity index (χ4n) is 2.52. The third-order valence-electron chi connectivity index (χ3n) is 4.56. The number of halogens is 1. The maximum absolute atomic E-state index is 5.56. The molecular weight excluding hydrogens is 336 g/mol. The molecule has 0 aliphatic rings. The number of ether oxygens (including phenoxy) is 4. The molecule has 0 aromatic carbocycles. The van der Waals surface area contributed by atoms with Crippen LogP contribution in [0.2, 0.25) is 0 Å². The maximum atomic E-state index is 5.56. The number of hydrogen-bond acceptors (Lipinski definition) is 4. The first-order valence-electron chi connectivity index (χ1n) is 7.68. The minimum Gasteiger partial charge on any atom is -0.353 e. The zero-order valence-corrected chi connectivity index (χ0v) is 16.1. The maximum Gasteiger partial charge on any atom is 0.167 e. The Bertz CT molecular complexity index is 253. The van der Waals surface area contributed by atoms with Crippen molar-refractivity contribution in [3.63, 3.8) is 0 Å². The second-order valence-corrected chi connectivity index (χ2v) is 6.53. The van der Waals surface area contributed by atoms with Crippen LogP contribution in [0.3, 0.4) is 0 Å². The van der Waals surface area contributed by atoms with Gasteiger partial charge in [-0.2, -0.15) is 0 Å². The Morgan fingerprint density at radius 3 is 1.81 bits per heavy atom. The van der Waals surface area contributed by atoms with Crippen molar-refractivity contribution in [2.45, 2.75) is 63.9 Å². The zero-order valence-electron chi connectivity index (χ0n) is 14.5. The van der Waals surface area contributed by atoms with Crippen LogP contribution in [0.15, 0.2) is 0 Å². The van der Waals surface area contributed by atoms with Crippen LogP contribution in [-0.2, 0) is 18.9 Å². The Balaban J connectivity index is 4.16. The van der Waals surface area contributed by atoms with Gasteiger partial charge in [-0.1, -0.05) is 28.8 Å². The standard InChI is InChI=1S/C16H33BrO4/c1-15(18-3,19-4)12-9-7-8-10-14(11-13-17)16(2,20-5)21-6/h14H,7-13H2,1-6H3. The van der Waals surface area contributed by atoms with Gasteiger partial charge >= 0.3 is 0 Å². The molecule has 128 valence electrons. The van der Waals surface area contributed by atoms with E-state index >= 15 is 0 Å². The van der Waals surface area contributed by atoms with E-state index < -0.39 is 11.6 Å². The van der Waals surface area contributed by atoms with E-state index in [9.17, 15) is 0 Å². The quantitative estimate of drug-likeness (QED) is 0.275. The van der Waals surface area contributed by atoms with Gasteiger partial charge in [0.05, 0.1) is 0 Å². The molecule has 0 fully saturated rings. The van der Waals surface area contributed by atoms with Crippen LogP contribution in [-0.4, -0.2) is 45.3 Å². The summed E-state index contributed by atoms with van der Waals surface area (Å²) in [5.74, 6) is -0.562. The van der Waals surface area contributed by atoms with Crippen molar-refractivity contribution in [1.82, 2.24) is 0 Å². The summed E-state index contributed by atoms with van der Waals surface area (Å²) >= 11 is 3.52. The largest absolute Gasteiger partial charge is 0.353 e. The first kappa shape index (κ1) is 21.3. The first-order valence-corrected chi connectivity index (χ1v) is 8.80. The zero-order chi connectivity index (χ0) is 16.4. The molecular formula is C16H33BrO4. The molecule has 0 saturated carbocycles. The highest BCUT2D eigenvalue weighted by Crippen LogP contribution is 2.31. The summed E-state index contributed by atoms with van der Waals surface area (Å²) < 4.78 is 21.9. The molecule has 5 heteroatoms.